The van der Waals surface area contributed by atoms with Gasteiger partial charge in [0, 0.05) is 58.5 Å². The van der Waals surface area contributed by atoms with E-state index in [0.29, 0.717) is 17.6 Å². The normalized spacial score (nSPS) is 13.3. The molecule has 0 saturated carbocycles. The first-order chi connectivity index (χ1) is 27.4. The van der Waals surface area contributed by atoms with Gasteiger partial charge in [-0.15, -0.1) is 11.3 Å². The van der Waals surface area contributed by atoms with Crippen molar-refractivity contribution in [1.29, 1.82) is 0 Å². The van der Waals surface area contributed by atoms with Gasteiger partial charge in [-0.2, -0.15) is 9.97 Å². The molecule has 0 aliphatic rings. The third-order valence-corrected chi connectivity index (χ3v) is 10.9. The Kier molecular flexibility index (Phi) is 5.08. The minimum absolute atomic E-state index is 0.107. The molecule has 0 aliphatic heterocycles. The highest BCUT2D eigenvalue weighted by Crippen LogP contribution is 2.43. The number of para-hydroxylation sites is 3. The Hall–Kier alpha value is -6.63. The number of rotatable bonds is 4. The molecule has 0 radical (unpaired) electrons. The van der Waals surface area contributed by atoms with Crippen molar-refractivity contribution in [3.8, 4) is 34.4 Å². The Balaban J connectivity index is 1.25. The highest BCUT2D eigenvalue weighted by Gasteiger charge is 2.23. The molecule has 6 heteroatoms. The monoisotopic (exact) mass is 674 g/mol. The number of aromatic nitrogens is 5. The maximum atomic E-state index is 8.92. The number of thiophene rings is 1. The Morgan fingerprint density at radius 3 is 1.84 bits per heavy atom. The van der Waals surface area contributed by atoms with Gasteiger partial charge in [-0.1, -0.05) is 115 Å². The highest BCUT2D eigenvalue weighted by atomic mass is 32.1. The zero-order valence-corrected chi connectivity index (χ0v) is 27.7. The maximum absolute atomic E-state index is 8.92. The number of hydrogen-bond donors (Lipinski definition) is 0. The highest BCUT2D eigenvalue weighted by molar-refractivity contribution is 7.26. The largest absolute Gasteiger partial charge is 0.309 e. The van der Waals surface area contributed by atoms with E-state index in [1.807, 2.05) is 78.9 Å². The Morgan fingerprint density at radius 2 is 1.08 bits per heavy atom. The van der Waals surface area contributed by atoms with E-state index in [1.54, 1.807) is 15.9 Å². The van der Waals surface area contributed by atoms with Crippen molar-refractivity contribution in [2.45, 2.75) is 0 Å². The van der Waals surface area contributed by atoms with Crippen LogP contribution in [0.1, 0.15) is 6.85 Å². The van der Waals surface area contributed by atoms with Crippen molar-refractivity contribution in [3.05, 3.63) is 164 Å². The van der Waals surface area contributed by atoms with Crippen molar-refractivity contribution in [1.82, 2.24) is 24.1 Å². The Morgan fingerprint density at radius 1 is 0.471 bits per heavy atom. The molecule has 11 aromatic rings. The molecule has 238 valence electrons. The number of fused-ring (bicyclic) bond motifs is 10. The third-order valence-electron chi connectivity index (χ3n) is 9.68. The van der Waals surface area contributed by atoms with E-state index >= 15 is 0 Å². The van der Waals surface area contributed by atoms with Crippen LogP contribution < -0.4 is 0 Å². The van der Waals surface area contributed by atoms with Crippen LogP contribution in [0, 0.1) is 0 Å². The predicted octanol–water partition coefficient (Wildman–Crippen LogP) is 11.8. The van der Waals surface area contributed by atoms with Gasteiger partial charge in [0.2, 0.25) is 5.95 Å². The van der Waals surface area contributed by atoms with Gasteiger partial charge in [0.1, 0.15) is 0 Å². The van der Waals surface area contributed by atoms with E-state index in [9.17, 15) is 0 Å². The fourth-order valence-electron chi connectivity index (χ4n) is 7.55. The van der Waals surface area contributed by atoms with Gasteiger partial charge < -0.3 is 4.57 Å². The molecule has 11 rings (SSSR count). The van der Waals surface area contributed by atoms with Crippen LogP contribution in [0.25, 0.3) is 98.2 Å². The van der Waals surface area contributed by atoms with Gasteiger partial charge in [-0.3, -0.25) is 4.57 Å². The first kappa shape index (κ1) is 23.7. The lowest BCUT2D eigenvalue weighted by molar-refractivity contribution is 0.954. The molecule has 0 atom stereocenters. The number of benzene rings is 7. The lowest BCUT2D eigenvalue weighted by Gasteiger charge is -2.11. The molecule has 0 fully saturated rings. The lowest BCUT2D eigenvalue weighted by Crippen LogP contribution is -2.06. The van der Waals surface area contributed by atoms with E-state index in [0.717, 1.165) is 64.8 Å². The van der Waals surface area contributed by atoms with E-state index in [1.165, 1.54) is 10.1 Å². The molecule has 51 heavy (non-hydrogen) atoms. The molecule has 4 heterocycles. The average Bonchev–Trinajstić information content (AvgIpc) is 3.90. The van der Waals surface area contributed by atoms with Crippen molar-refractivity contribution < 1.29 is 6.85 Å². The van der Waals surface area contributed by atoms with E-state index in [4.69, 9.17) is 21.8 Å². The fraction of sp³-hybridized carbons (Fsp3) is 0. The van der Waals surface area contributed by atoms with Crippen molar-refractivity contribution >= 4 is 75.1 Å². The van der Waals surface area contributed by atoms with E-state index < -0.39 is 6.04 Å². The van der Waals surface area contributed by atoms with E-state index in [-0.39, 0.29) is 29.9 Å². The molecule has 0 bridgehead atoms. The maximum Gasteiger partial charge on any atom is 0.238 e. The van der Waals surface area contributed by atoms with Gasteiger partial charge in [-0.25, -0.2) is 4.98 Å². The van der Waals surface area contributed by atoms with Crippen LogP contribution in [0.5, 0.6) is 0 Å². The van der Waals surface area contributed by atoms with Crippen LogP contribution >= 0.6 is 11.3 Å². The predicted molar refractivity (Wildman–Crippen MR) is 212 cm³/mol. The molecule has 4 aromatic heterocycles. The Labute approximate surface area is 303 Å². The summed E-state index contributed by atoms with van der Waals surface area (Å²) in [5, 5.41) is 6.04. The Bertz CT molecular complexity index is 3410. The second-order valence-corrected chi connectivity index (χ2v) is 13.5. The van der Waals surface area contributed by atoms with Crippen LogP contribution in [-0.2, 0) is 0 Å². The summed E-state index contributed by atoms with van der Waals surface area (Å²) in [5.41, 5.74) is 5.11. The summed E-state index contributed by atoms with van der Waals surface area (Å²) in [4.78, 5) is 15.6. The standard InChI is InChI=1S/C45H27N5S/c1-3-14-28(15-4-1)43-46-44(34-22-13-21-31-30-18-9-12-25-39(30)51-42(31)34)48-45(47-43)50-36-24-11-8-20-33(36)41-38(50)27-26-37-40(41)32-19-7-10-23-35(32)49(37)29-16-5-2-6-17-29/h1-27H/i2D,5D,6D,16D,17D. The first-order valence-electron chi connectivity index (χ1n) is 19.1. The molecule has 0 saturated heterocycles. The number of nitrogens with zero attached hydrogens (tertiary/aromatic N) is 5. The average molecular weight is 675 g/mol. The van der Waals surface area contributed by atoms with Gasteiger partial charge in [0.25, 0.3) is 0 Å². The van der Waals surface area contributed by atoms with Crippen LogP contribution in [0.15, 0.2) is 164 Å². The molecule has 0 spiro atoms. The molecular formula is C45H27N5S. The van der Waals surface area contributed by atoms with Gasteiger partial charge >= 0.3 is 0 Å². The summed E-state index contributed by atoms with van der Waals surface area (Å²) in [6.07, 6.45) is 0. The molecule has 0 N–H and O–H groups in total. The summed E-state index contributed by atoms with van der Waals surface area (Å²) in [6, 6.07) is 42.9. The third kappa shape index (κ3) is 4.17. The van der Waals surface area contributed by atoms with Crippen molar-refractivity contribution in [2.75, 3.05) is 0 Å². The van der Waals surface area contributed by atoms with Crippen molar-refractivity contribution in [3.63, 3.8) is 0 Å². The molecule has 0 unspecified atom stereocenters. The zero-order valence-electron chi connectivity index (χ0n) is 31.8. The van der Waals surface area contributed by atoms with Crippen LogP contribution in [0.4, 0.5) is 0 Å². The van der Waals surface area contributed by atoms with Gasteiger partial charge in [0.15, 0.2) is 11.6 Å². The summed E-state index contributed by atoms with van der Waals surface area (Å²) < 4.78 is 49.2. The number of hydrogen-bond acceptors (Lipinski definition) is 4. The molecule has 0 aliphatic carbocycles. The molecule has 7 aromatic carbocycles. The fourth-order valence-corrected chi connectivity index (χ4v) is 8.77. The van der Waals surface area contributed by atoms with E-state index in [2.05, 4.69) is 59.2 Å². The molecular weight excluding hydrogens is 643 g/mol. The summed E-state index contributed by atoms with van der Waals surface area (Å²) in [7, 11) is 0. The van der Waals surface area contributed by atoms with Crippen LogP contribution in [0.3, 0.4) is 0 Å². The topological polar surface area (TPSA) is 48.5 Å². The summed E-state index contributed by atoms with van der Waals surface area (Å²) >= 11 is 1.73. The second-order valence-electron chi connectivity index (χ2n) is 12.5. The SMILES string of the molecule is [2H]c1c([2H])c([2H])c(-n2c3ccccc3c3c4c5ccccc5n(-c5nc(-c6ccccc6)nc(-c6cccc7c6sc6ccccc67)n5)c4ccc32)c([2H])c1[2H]. The van der Waals surface area contributed by atoms with Crippen molar-refractivity contribution in [2.24, 2.45) is 0 Å². The first-order valence-corrected chi connectivity index (χ1v) is 17.5. The van der Waals surface area contributed by atoms with Gasteiger partial charge in [-0.05, 0) is 48.5 Å². The second kappa shape index (κ2) is 10.9. The minimum atomic E-state index is -0.426. The van der Waals surface area contributed by atoms with Gasteiger partial charge in [0.05, 0.1) is 28.9 Å². The minimum Gasteiger partial charge on any atom is -0.309 e. The molecule has 0 amide bonds. The summed E-state index contributed by atoms with van der Waals surface area (Å²) in [6.45, 7) is 0. The van der Waals surface area contributed by atoms with Crippen LogP contribution in [0.2, 0.25) is 0 Å². The lowest BCUT2D eigenvalue weighted by atomic mass is 10.1. The molecule has 5 nitrogen and oxygen atoms in total. The zero-order chi connectivity index (χ0) is 37.8. The smallest absolute Gasteiger partial charge is 0.238 e. The van der Waals surface area contributed by atoms with Crippen LogP contribution in [-0.4, -0.2) is 24.1 Å². The quantitative estimate of drug-likeness (QED) is 0.187. The summed E-state index contributed by atoms with van der Waals surface area (Å²) in [5.74, 6) is 1.58.